The van der Waals surface area contributed by atoms with Crippen LogP contribution < -0.4 is 5.32 Å². The molecule has 0 aromatic heterocycles. The summed E-state index contributed by atoms with van der Waals surface area (Å²) in [4.78, 5) is 0.588. The highest BCUT2D eigenvalue weighted by Gasteiger charge is 2.07. The second-order valence-corrected chi connectivity index (χ2v) is 6.55. The molecule has 0 radical (unpaired) electrons. The number of rotatable bonds is 7. The van der Waals surface area contributed by atoms with Crippen LogP contribution in [0.2, 0.25) is 5.02 Å². The third-order valence-electron chi connectivity index (χ3n) is 2.39. The Labute approximate surface area is 115 Å². The van der Waals surface area contributed by atoms with Gasteiger partial charge in [-0.15, -0.1) is 0 Å². The Morgan fingerprint density at radius 1 is 1.44 bits per heavy atom. The molecular weight excluding hydrogens is 273 g/mol. The molecular formula is C13H19ClFNOS. The molecule has 1 N–H and O–H groups in total. The molecule has 0 saturated heterocycles. The average molecular weight is 292 g/mol. The first-order valence-corrected chi connectivity index (χ1v) is 7.74. The lowest BCUT2D eigenvalue weighted by Gasteiger charge is -2.07. The minimum absolute atomic E-state index is 0.0267. The molecule has 5 heteroatoms. The van der Waals surface area contributed by atoms with Gasteiger partial charge in [0.15, 0.2) is 0 Å². The Kier molecular flexibility index (Phi) is 6.82. The largest absolute Gasteiger partial charge is 0.316 e. The van der Waals surface area contributed by atoms with Crippen molar-refractivity contribution in [3.63, 3.8) is 0 Å². The van der Waals surface area contributed by atoms with E-state index in [1.807, 2.05) is 0 Å². The van der Waals surface area contributed by atoms with Crippen LogP contribution in [-0.4, -0.2) is 23.1 Å². The minimum Gasteiger partial charge on any atom is -0.316 e. The van der Waals surface area contributed by atoms with Gasteiger partial charge in [0.2, 0.25) is 0 Å². The van der Waals surface area contributed by atoms with Crippen LogP contribution in [0, 0.1) is 11.7 Å². The van der Waals surface area contributed by atoms with Gasteiger partial charge in [-0.1, -0.05) is 25.4 Å². The number of nitrogens with one attached hydrogen (secondary N) is 1. The SMILES string of the molecule is CC(C)CNCCCS(=O)c1ccc(F)c(Cl)c1. The first kappa shape index (κ1) is 15.6. The summed E-state index contributed by atoms with van der Waals surface area (Å²) in [6.07, 6.45) is 0.828. The summed E-state index contributed by atoms with van der Waals surface area (Å²) in [6, 6.07) is 4.22. The first-order chi connectivity index (χ1) is 8.50. The van der Waals surface area contributed by atoms with E-state index >= 15 is 0 Å². The van der Waals surface area contributed by atoms with Gasteiger partial charge in [0, 0.05) is 10.6 Å². The fourth-order valence-electron chi connectivity index (χ4n) is 1.46. The van der Waals surface area contributed by atoms with E-state index in [9.17, 15) is 8.60 Å². The van der Waals surface area contributed by atoms with Crippen molar-refractivity contribution in [2.45, 2.75) is 25.2 Å². The van der Waals surface area contributed by atoms with E-state index in [1.165, 1.54) is 18.2 Å². The number of halogens is 2. The lowest BCUT2D eigenvalue weighted by molar-refractivity contribution is 0.550. The third kappa shape index (κ3) is 5.46. The zero-order valence-electron chi connectivity index (χ0n) is 10.7. The first-order valence-electron chi connectivity index (χ1n) is 6.05. The smallest absolute Gasteiger partial charge is 0.141 e. The molecule has 0 amide bonds. The molecule has 0 aliphatic rings. The van der Waals surface area contributed by atoms with Crippen molar-refractivity contribution in [3.05, 3.63) is 29.0 Å². The van der Waals surface area contributed by atoms with Gasteiger partial charge < -0.3 is 5.32 Å². The zero-order chi connectivity index (χ0) is 13.5. The third-order valence-corrected chi connectivity index (χ3v) is 4.12. The maximum Gasteiger partial charge on any atom is 0.141 e. The molecule has 1 rings (SSSR count). The van der Waals surface area contributed by atoms with Crippen molar-refractivity contribution in [2.75, 3.05) is 18.8 Å². The highest BCUT2D eigenvalue weighted by atomic mass is 35.5. The van der Waals surface area contributed by atoms with E-state index < -0.39 is 16.6 Å². The van der Waals surface area contributed by atoms with Gasteiger partial charge in [-0.05, 0) is 43.6 Å². The number of hydrogen-bond acceptors (Lipinski definition) is 2. The van der Waals surface area contributed by atoms with Crippen LogP contribution in [0.1, 0.15) is 20.3 Å². The monoisotopic (exact) mass is 291 g/mol. The maximum atomic E-state index is 12.9. The highest BCUT2D eigenvalue weighted by molar-refractivity contribution is 7.85. The second-order valence-electron chi connectivity index (χ2n) is 4.58. The van der Waals surface area contributed by atoms with Gasteiger partial charge in [-0.25, -0.2) is 4.39 Å². The lowest BCUT2D eigenvalue weighted by Crippen LogP contribution is -2.21. The van der Waals surface area contributed by atoms with Gasteiger partial charge in [0.25, 0.3) is 0 Å². The molecule has 1 aromatic rings. The molecule has 0 saturated carbocycles. The lowest BCUT2D eigenvalue weighted by atomic mass is 10.2. The van der Waals surface area contributed by atoms with Crippen molar-refractivity contribution in [3.8, 4) is 0 Å². The number of benzene rings is 1. The standard InChI is InChI=1S/C13H19ClFNOS/c1-10(2)9-16-6-3-7-18(17)11-4-5-13(15)12(14)8-11/h4-5,8,10,16H,3,6-7,9H2,1-2H3. The van der Waals surface area contributed by atoms with Crippen LogP contribution in [0.3, 0.4) is 0 Å². The van der Waals surface area contributed by atoms with Crippen LogP contribution in [0.15, 0.2) is 23.1 Å². The molecule has 0 aliphatic carbocycles. The van der Waals surface area contributed by atoms with Gasteiger partial charge in [0.05, 0.1) is 15.8 Å². The van der Waals surface area contributed by atoms with Crippen LogP contribution in [0.4, 0.5) is 4.39 Å². The van der Waals surface area contributed by atoms with E-state index in [0.717, 1.165) is 19.5 Å². The fraction of sp³-hybridized carbons (Fsp3) is 0.538. The normalized spacial score (nSPS) is 12.9. The quantitative estimate of drug-likeness (QED) is 0.782. The molecule has 0 spiro atoms. The molecule has 0 bridgehead atoms. The van der Waals surface area contributed by atoms with Crippen LogP contribution in [0.25, 0.3) is 0 Å². The Bertz CT molecular complexity index is 412. The van der Waals surface area contributed by atoms with E-state index in [-0.39, 0.29) is 5.02 Å². The molecule has 1 aromatic carbocycles. The van der Waals surface area contributed by atoms with Gasteiger partial charge in [-0.3, -0.25) is 4.21 Å². The predicted molar refractivity (Wildman–Crippen MR) is 75.0 cm³/mol. The Balaban J connectivity index is 2.34. The molecule has 102 valence electrons. The van der Waals surface area contributed by atoms with Crippen LogP contribution in [0.5, 0.6) is 0 Å². The van der Waals surface area contributed by atoms with Crippen LogP contribution in [-0.2, 0) is 10.8 Å². The maximum absolute atomic E-state index is 12.9. The fourth-order valence-corrected chi connectivity index (χ4v) is 2.81. The Hall–Kier alpha value is -0.450. The Morgan fingerprint density at radius 3 is 2.78 bits per heavy atom. The summed E-state index contributed by atoms with van der Waals surface area (Å²) in [5, 5.41) is 3.32. The van der Waals surface area contributed by atoms with Crippen molar-refractivity contribution in [1.29, 1.82) is 0 Å². The molecule has 0 fully saturated rings. The molecule has 18 heavy (non-hydrogen) atoms. The highest BCUT2D eigenvalue weighted by Crippen LogP contribution is 2.18. The summed E-state index contributed by atoms with van der Waals surface area (Å²) in [5.41, 5.74) is 0. The topological polar surface area (TPSA) is 29.1 Å². The number of hydrogen-bond donors (Lipinski definition) is 1. The molecule has 1 atom stereocenters. The molecule has 2 nitrogen and oxygen atoms in total. The molecule has 0 heterocycles. The molecule has 0 aliphatic heterocycles. The summed E-state index contributed by atoms with van der Waals surface area (Å²) in [7, 11) is -1.11. The summed E-state index contributed by atoms with van der Waals surface area (Å²) in [6.45, 7) is 6.10. The van der Waals surface area contributed by atoms with Crippen molar-refractivity contribution in [1.82, 2.24) is 5.32 Å². The van der Waals surface area contributed by atoms with Crippen molar-refractivity contribution in [2.24, 2.45) is 5.92 Å². The van der Waals surface area contributed by atoms with Crippen molar-refractivity contribution < 1.29 is 8.60 Å². The van der Waals surface area contributed by atoms with Gasteiger partial charge in [-0.2, -0.15) is 0 Å². The summed E-state index contributed by atoms with van der Waals surface area (Å²) < 4.78 is 24.9. The predicted octanol–water partition coefficient (Wildman–Crippen LogP) is 3.22. The summed E-state index contributed by atoms with van der Waals surface area (Å²) in [5.74, 6) is 0.704. The molecule has 1 unspecified atom stereocenters. The van der Waals surface area contributed by atoms with E-state index in [4.69, 9.17) is 11.6 Å². The zero-order valence-corrected chi connectivity index (χ0v) is 12.3. The minimum atomic E-state index is -1.11. The van der Waals surface area contributed by atoms with E-state index in [0.29, 0.717) is 16.6 Å². The van der Waals surface area contributed by atoms with E-state index in [1.54, 1.807) is 0 Å². The van der Waals surface area contributed by atoms with Crippen LogP contribution >= 0.6 is 11.6 Å². The van der Waals surface area contributed by atoms with Crippen molar-refractivity contribution >= 4 is 22.4 Å². The van der Waals surface area contributed by atoms with E-state index in [2.05, 4.69) is 19.2 Å². The van der Waals surface area contributed by atoms with Gasteiger partial charge in [0.1, 0.15) is 5.82 Å². The average Bonchev–Trinajstić information content (AvgIpc) is 2.31. The van der Waals surface area contributed by atoms with Gasteiger partial charge >= 0.3 is 0 Å². The Morgan fingerprint density at radius 2 is 2.17 bits per heavy atom. The second kappa shape index (κ2) is 7.87. The summed E-state index contributed by atoms with van der Waals surface area (Å²) >= 11 is 5.65.